The lowest BCUT2D eigenvalue weighted by atomic mass is 9.81. The van der Waals surface area contributed by atoms with Gasteiger partial charge in [0.2, 0.25) is 0 Å². The Bertz CT molecular complexity index is 854. The summed E-state index contributed by atoms with van der Waals surface area (Å²) in [6.07, 6.45) is 1.80. The number of phenolic OH excluding ortho intramolecular Hbond substituents is 2. The molecule has 6 heteroatoms. The first-order chi connectivity index (χ1) is 11.9. The second-order valence-corrected chi connectivity index (χ2v) is 7.35. The SMILES string of the molecule is COc1cc2c(cc1O)C[C@H]1c3cc(O)c(OC)cc3CC[N+]1(C)C2.Cl. The van der Waals surface area contributed by atoms with Gasteiger partial charge in [-0.3, -0.25) is 0 Å². The number of aromatic hydroxyl groups is 2. The largest absolute Gasteiger partial charge is 0.504 e. The van der Waals surface area contributed by atoms with Crippen molar-refractivity contribution in [2.45, 2.75) is 25.4 Å². The molecule has 1 unspecified atom stereocenters. The molecule has 2 heterocycles. The number of rotatable bonds is 2. The van der Waals surface area contributed by atoms with Gasteiger partial charge in [0.25, 0.3) is 0 Å². The van der Waals surface area contributed by atoms with Gasteiger partial charge in [-0.2, -0.15) is 0 Å². The van der Waals surface area contributed by atoms with Crippen molar-refractivity contribution in [1.29, 1.82) is 0 Å². The lowest BCUT2D eigenvalue weighted by molar-refractivity contribution is -0.956. The van der Waals surface area contributed by atoms with E-state index in [4.69, 9.17) is 9.47 Å². The van der Waals surface area contributed by atoms with Gasteiger partial charge in [0, 0.05) is 24.0 Å². The predicted octanol–water partition coefficient (Wildman–Crippen LogP) is 3.34. The van der Waals surface area contributed by atoms with Gasteiger partial charge in [-0.25, -0.2) is 0 Å². The molecule has 0 aromatic heterocycles. The number of nitrogens with zero attached hydrogens (tertiary/aromatic N) is 1. The average Bonchev–Trinajstić information content (AvgIpc) is 2.59. The highest BCUT2D eigenvalue weighted by Gasteiger charge is 2.43. The van der Waals surface area contributed by atoms with Gasteiger partial charge < -0.3 is 24.2 Å². The normalized spacial score (nSPS) is 23.1. The smallest absolute Gasteiger partial charge is 0.160 e. The van der Waals surface area contributed by atoms with E-state index in [2.05, 4.69) is 7.05 Å². The first-order valence-corrected chi connectivity index (χ1v) is 8.58. The summed E-state index contributed by atoms with van der Waals surface area (Å²) in [6, 6.07) is 7.89. The maximum Gasteiger partial charge on any atom is 0.160 e. The molecule has 0 bridgehead atoms. The number of fused-ring (bicyclic) bond motifs is 4. The predicted molar refractivity (Wildman–Crippen MR) is 101 cm³/mol. The third kappa shape index (κ3) is 2.75. The summed E-state index contributed by atoms with van der Waals surface area (Å²) in [6.45, 7) is 1.93. The van der Waals surface area contributed by atoms with Gasteiger partial charge in [0.05, 0.1) is 27.8 Å². The van der Waals surface area contributed by atoms with Crippen LogP contribution in [0.5, 0.6) is 23.0 Å². The van der Waals surface area contributed by atoms with Crippen LogP contribution in [0.4, 0.5) is 0 Å². The van der Waals surface area contributed by atoms with Crippen LogP contribution >= 0.6 is 12.4 Å². The fourth-order valence-corrected chi connectivity index (χ4v) is 4.46. The maximum absolute atomic E-state index is 10.3. The lowest BCUT2D eigenvalue weighted by Crippen LogP contribution is -2.53. The molecule has 4 rings (SSSR count). The van der Waals surface area contributed by atoms with Crippen molar-refractivity contribution in [3.63, 3.8) is 0 Å². The Morgan fingerprint density at radius 3 is 2.19 bits per heavy atom. The van der Waals surface area contributed by atoms with Crippen LogP contribution in [0.1, 0.15) is 28.3 Å². The fourth-order valence-electron chi connectivity index (χ4n) is 4.46. The van der Waals surface area contributed by atoms with Crippen molar-refractivity contribution in [3.05, 3.63) is 46.5 Å². The topological polar surface area (TPSA) is 58.9 Å². The summed E-state index contributed by atoms with van der Waals surface area (Å²) >= 11 is 0. The highest BCUT2D eigenvalue weighted by Crippen LogP contribution is 2.47. The third-order valence-electron chi connectivity index (χ3n) is 5.89. The summed E-state index contributed by atoms with van der Waals surface area (Å²) in [4.78, 5) is 0. The Balaban J connectivity index is 0.00000196. The fraction of sp³-hybridized carbons (Fsp3) is 0.400. The standard InChI is InChI=1S/C20H23NO4.ClH/c1-21-5-4-12-8-19(24-2)18(23)10-15(12)16(21)6-13-7-17(22)20(25-3)9-14(13)11-21;/h7-10,16H,4-6,11H2,1-3H3,(H-,22,23);1H/p+1/t16-,21?;/m0./s1. The quantitative estimate of drug-likeness (QED) is 0.787. The Kier molecular flexibility index (Phi) is 4.71. The molecule has 26 heavy (non-hydrogen) atoms. The average molecular weight is 379 g/mol. The van der Waals surface area contributed by atoms with E-state index < -0.39 is 0 Å². The zero-order valence-electron chi connectivity index (χ0n) is 15.3. The molecule has 0 spiro atoms. The molecule has 0 amide bonds. The summed E-state index contributed by atoms with van der Waals surface area (Å²) in [5.74, 6) is 1.45. The van der Waals surface area contributed by atoms with Gasteiger partial charge in [0.15, 0.2) is 23.0 Å². The second-order valence-electron chi connectivity index (χ2n) is 7.35. The highest BCUT2D eigenvalue weighted by molar-refractivity contribution is 5.85. The minimum absolute atomic E-state index is 0. The number of methoxy groups -OCH3 is 2. The maximum atomic E-state index is 10.3. The molecule has 2 atom stereocenters. The summed E-state index contributed by atoms with van der Waals surface area (Å²) in [5, 5.41) is 20.4. The third-order valence-corrected chi connectivity index (χ3v) is 5.89. The number of hydrogen-bond acceptors (Lipinski definition) is 4. The molecular weight excluding hydrogens is 354 g/mol. The van der Waals surface area contributed by atoms with Crippen molar-refractivity contribution >= 4 is 12.4 Å². The minimum atomic E-state index is 0. The molecule has 0 saturated carbocycles. The number of ether oxygens (including phenoxy) is 2. The molecule has 140 valence electrons. The van der Waals surface area contributed by atoms with Crippen molar-refractivity contribution in [2.75, 3.05) is 27.8 Å². The molecular formula is C20H25ClNO4+. The van der Waals surface area contributed by atoms with E-state index in [0.717, 1.165) is 36.0 Å². The summed E-state index contributed by atoms with van der Waals surface area (Å²) in [7, 11) is 5.44. The van der Waals surface area contributed by atoms with Crippen LogP contribution < -0.4 is 9.47 Å². The zero-order valence-corrected chi connectivity index (χ0v) is 16.1. The first kappa shape index (κ1) is 18.7. The van der Waals surface area contributed by atoms with Gasteiger partial charge in [-0.15, -0.1) is 12.4 Å². The molecule has 2 aliphatic heterocycles. The Labute approximate surface area is 159 Å². The van der Waals surface area contributed by atoms with Crippen LogP contribution in [0.3, 0.4) is 0 Å². The van der Waals surface area contributed by atoms with Crippen molar-refractivity contribution in [1.82, 2.24) is 0 Å². The van der Waals surface area contributed by atoms with Crippen LogP contribution in [-0.4, -0.2) is 42.5 Å². The molecule has 0 fully saturated rings. The number of phenols is 2. The molecule has 5 nitrogen and oxygen atoms in total. The zero-order chi connectivity index (χ0) is 17.8. The van der Waals surface area contributed by atoms with Crippen LogP contribution in [-0.2, 0) is 19.4 Å². The van der Waals surface area contributed by atoms with Crippen LogP contribution in [0.25, 0.3) is 0 Å². The summed E-state index contributed by atoms with van der Waals surface area (Å²) < 4.78 is 11.4. The van der Waals surface area contributed by atoms with Crippen LogP contribution in [0.15, 0.2) is 24.3 Å². The van der Waals surface area contributed by atoms with Crippen LogP contribution in [0, 0.1) is 0 Å². The van der Waals surface area contributed by atoms with E-state index in [0.29, 0.717) is 11.5 Å². The number of hydrogen-bond donors (Lipinski definition) is 2. The number of halogens is 1. The van der Waals surface area contributed by atoms with Gasteiger partial charge in [0.1, 0.15) is 12.6 Å². The second kappa shape index (κ2) is 6.56. The summed E-state index contributed by atoms with van der Waals surface area (Å²) in [5.41, 5.74) is 4.82. The van der Waals surface area contributed by atoms with Gasteiger partial charge in [-0.1, -0.05) is 0 Å². The highest BCUT2D eigenvalue weighted by atomic mass is 35.5. The number of likely N-dealkylation sites (N-methyl/N-ethyl adjacent to an activating group) is 1. The van der Waals surface area contributed by atoms with E-state index in [1.54, 1.807) is 14.2 Å². The van der Waals surface area contributed by atoms with E-state index in [1.807, 2.05) is 24.3 Å². The molecule has 2 aliphatic rings. The lowest BCUT2D eigenvalue weighted by Gasteiger charge is -2.49. The Morgan fingerprint density at radius 1 is 0.923 bits per heavy atom. The molecule has 2 aromatic carbocycles. The van der Waals surface area contributed by atoms with E-state index in [9.17, 15) is 10.2 Å². The monoisotopic (exact) mass is 378 g/mol. The molecule has 0 saturated heterocycles. The Morgan fingerprint density at radius 2 is 1.54 bits per heavy atom. The first-order valence-electron chi connectivity index (χ1n) is 8.58. The van der Waals surface area contributed by atoms with Crippen molar-refractivity contribution in [2.24, 2.45) is 0 Å². The van der Waals surface area contributed by atoms with E-state index >= 15 is 0 Å². The minimum Gasteiger partial charge on any atom is -0.504 e. The number of benzene rings is 2. The molecule has 2 N–H and O–H groups in total. The molecule has 0 aliphatic carbocycles. The van der Waals surface area contributed by atoms with Crippen LogP contribution in [0.2, 0.25) is 0 Å². The van der Waals surface area contributed by atoms with E-state index in [1.165, 1.54) is 16.7 Å². The van der Waals surface area contributed by atoms with E-state index in [-0.39, 0.29) is 29.9 Å². The van der Waals surface area contributed by atoms with Gasteiger partial charge >= 0.3 is 0 Å². The Hall–Kier alpha value is -2.11. The van der Waals surface area contributed by atoms with Gasteiger partial charge in [-0.05, 0) is 35.4 Å². The molecule has 2 aromatic rings. The van der Waals surface area contributed by atoms with Crippen molar-refractivity contribution in [3.8, 4) is 23.0 Å². The molecule has 0 radical (unpaired) electrons. The number of quaternary nitrogens is 1. The van der Waals surface area contributed by atoms with Crippen molar-refractivity contribution < 1.29 is 24.2 Å².